The van der Waals surface area contributed by atoms with Crippen molar-refractivity contribution in [3.63, 3.8) is 0 Å². The largest absolute Gasteiger partial charge is 0.435 e. The van der Waals surface area contributed by atoms with Crippen LogP contribution in [-0.2, 0) is 0 Å². The minimum Gasteiger partial charge on any atom is -0.435 e. The highest BCUT2D eigenvalue weighted by Crippen LogP contribution is 2.17. The number of nitrogen functional groups attached to an aromatic ring is 1. The topological polar surface area (TPSA) is 81.0 Å². The van der Waals surface area contributed by atoms with Gasteiger partial charge in [0.1, 0.15) is 5.75 Å². The first-order valence-corrected chi connectivity index (χ1v) is 4.33. The standard InChI is InChI=1S/C10H9N3O2/c11-7-1-3-8(4-2-7)15-10-9(14)12-5-6-13-10/h1-6H,11H2,(H,12,14). The summed E-state index contributed by atoms with van der Waals surface area (Å²) < 4.78 is 5.25. The third kappa shape index (κ3) is 2.14. The van der Waals surface area contributed by atoms with Crippen LogP contribution in [0.5, 0.6) is 11.6 Å². The molecule has 76 valence electrons. The molecule has 0 amide bonds. The Hall–Kier alpha value is -2.30. The second-order valence-corrected chi connectivity index (χ2v) is 2.89. The van der Waals surface area contributed by atoms with Crippen molar-refractivity contribution in [2.75, 3.05) is 5.73 Å². The predicted molar refractivity (Wildman–Crippen MR) is 55.8 cm³/mol. The minimum atomic E-state index is -0.366. The molecule has 1 aromatic carbocycles. The van der Waals surface area contributed by atoms with Gasteiger partial charge in [-0.3, -0.25) is 4.79 Å². The van der Waals surface area contributed by atoms with Gasteiger partial charge in [0, 0.05) is 18.1 Å². The number of ether oxygens (including phenoxy) is 1. The zero-order valence-corrected chi connectivity index (χ0v) is 7.81. The molecule has 0 fully saturated rings. The van der Waals surface area contributed by atoms with E-state index in [2.05, 4.69) is 9.97 Å². The molecule has 5 nitrogen and oxygen atoms in total. The van der Waals surface area contributed by atoms with E-state index in [4.69, 9.17) is 10.5 Å². The molecule has 0 radical (unpaired) electrons. The van der Waals surface area contributed by atoms with Crippen LogP contribution in [0.4, 0.5) is 5.69 Å². The van der Waals surface area contributed by atoms with E-state index in [0.717, 1.165) is 0 Å². The van der Waals surface area contributed by atoms with Crippen molar-refractivity contribution in [2.45, 2.75) is 0 Å². The van der Waals surface area contributed by atoms with E-state index in [-0.39, 0.29) is 11.4 Å². The molecule has 5 heteroatoms. The Morgan fingerprint density at radius 2 is 2.00 bits per heavy atom. The molecule has 0 aliphatic carbocycles. The molecule has 0 saturated carbocycles. The molecule has 0 aliphatic rings. The Morgan fingerprint density at radius 3 is 2.67 bits per heavy atom. The quantitative estimate of drug-likeness (QED) is 0.717. The van der Waals surface area contributed by atoms with E-state index in [1.165, 1.54) is 12.4 Å². The normalized spacial score (nSPS) is 9.87. The summed E-state index contributed by atoms with van der Waals surface area (Å²) in [5, 5.41) is 0. The second kappa shape index (κ2) is 3.83. The van der Waals surface area contributed by atoms with E-state index in [1.807, 2.05) is 0 Å². The van der Waals surface area contributed by atoms with E-state index < -0.39 is 0 Å². The molecule has 0 aliphatic heterocycles. The summed E-state index contributed by atoms with van der Waals surface area (Å²) in [6.07, 6.45) is 2.90. The van der Waals surface area contributed by atoms with E-state index in [9.17, 15) is 4.79 Å². The van der Waals surface area contributed by atoms with Crippen molar-refractivity contribution in [3.8, 4) is 11.6 Å². The van der Waals surface area contributed by atoms with Crippen molar-refractivity contribution in [1.82, 2.24) is 9.97 Å². The number of benzene rings is 1. The second-order valence-electron chi connectivity index (χ2n) is 2.89. The molecule has 2 aromatic rings. The van der Waals surface area contributed by atoms with Crippen LogP contribution in [0.15, 0.2) is 41.5 Å². The molecule has 15 heavy (non-hydrogen) atoms. The lowest BCUT2D eigenvalue weighted by atomic mass is 10.3. The van der Waals surface area contributed by atoms with Crippen molar-refractivity contribution in [1.29, 1.82) is 0 Å². The molecule has 1 heterocycles. The van der Waals surface area contributed by atoms with Gasteiger partial charge in [0.2, 0.25) is 0 Å². The van der Waals surface area contributed by atoms with Gasteiger partial charge in [-0.05, 0) is 24.3 Å². The van der Waals surface area contributed by atoms with Crippen LogP contribution in [-0.4, -0.2) is 9.97 Å². The van der Waals surface area contributed by atoms with Crippen LogP contribution in [0, 0.1) is 0 Å². The average molecular weight is 203 g/mol. The number of anilines is 1. The SMILES string of the molecule is Nc1ccc(Oc2ncc[nH]c2=O)cc1. The number of nitrogens with two attached hydrogens (primary N) is 1. The molecule has 0 spiro atoms. The maximum absolute atomic E-state index is 11.2. The lowest BCUT2D eigenvalue weighted by Gasteiger charge is -2.02. The first-order chi connectivity index (χ1) is 7.25. The monoisotopic (exact) mass is 203 g/mol. The third-order valence-corrected chi connectivity index (χ3v) is 1.77. The highest BCUT2D eigenvalue weighted by Gasteiger charge is 2.02. The van der Waals surface area contributed by atoms with Gasteiger partial charge in [0.05, 0.1) is 0 Å². The van der Waals surface area contributed by atoms with Crippen molar-refractivity contribution in [3.05, 3.63) is 47.0 Å². The number of aromatic amines is 1. The third-order valence-electron chi connectivity index (χ3n) is 1.77. The smallest absolute Gasteiger partial charge is 0.311 e. The molecule has 0 unspecified atom stereocenters. The summed E-state index contributed by atoms with van der Waals surface area (Å²) in [5.41, 5.74) is 5.78. The molecule has 3 N–H and O–H groups in total. The molecule has 0 saturated heterocycles. The van der Waals surface area contributed by atoms with Gasteiger partial charge in [0.25, 0.3) is 5.88 Å². The van der Waals surface area contributed by atoms with Crippen LogP contribution >= 0.6 is 0 Å². The Balaban J connectivity index is 2.26. The van der Waals surface area contributed by atoms with Gasteiger partial charge in [-0.25, -0.2) is 4.98 Å². The number of aromatic nitrogens is 2. The van der Waals surface area contributed by atoms with E-state index >= 15 is 0 Å². The first-order valence-electron chi connectivity index (χ1n) is 4.33. The van der Waals surface area contributed by atoms with Crippen molar-refractivity contribution >= 4 is 5.69 Å². The van der Waals surface area contributed by atoms with Gasteiger partial charge in [-0.1, -0.05) is 0 Å². The summed E-state index contributed by atoms with van der Waals surface area (Å²) in [6, 6.07) is 6.71. The van der Waals surface area contributed by atoms with Gasteiger partial charge >= 0.3 is 5.56 Å². The number of nitrogens with one attached hydrogen (secondary N) is 1. The van der Waals surface area contributed by atoms with E-state index in [1.54, 1.807) is 24.3 Å². The lowest BCUT2D eigenvalue weighted by Crippen LogP contribution is -2.09. The van der Waals surface area contributed by atoms with Gasteiger partial charge in [0.15, 0.2) is 0 Å². The molecule has 1 aromatic heterocycles. The summed E-state index contributed by atoms with van der Waals surface area (Å²) >= 11 is 0. The zero-order chi connectivity index (χ0) is 10.7. The zero-order valence-electron chi connectivity index (χ0n) is 7.81. The Morgan fingerprint density at radius 1 is 1.27 bits per heavy atom. The molecular formula is C10H9N3O2. The average Bonchev–Trinajstić information content (AvgIpc) is 2.25. The fraction of sp³-hybridized carbons (Fsp3) is 0. The number of H-pyrrole nitrogens is 1. The van der Waals surface area contributed by atoms with Crippen LogP contribution in [0.1, 0.15) is 0 Å². The van der Waals surface area contributed by atoms with Crippen LogP contribution in [0.25, 0.3) is 0 Å². The first kappa shape index (κ1) is 9.26. The molecule has 0 bridgehead atoms. The Bertz CT molecular complexity index is 505. The van der Waals surface area contributed by atoms with Gasteiger partial charge < -0.3 is 15.5 Å². The molecular weight excluding hydrogens is 194 g/mol. The molecule has 0 atom stereocenters. The van der Waals surface area contributed by atoms with Crippen LogP contribution in [0.3, 0.4) is 0 Å². The number of hydrogen-bond donors (Lipinski definition) is 2. The number of rotatable bonds is 2. The summed E-state index contributed by atoms with van der Waals surface area (Å²) in [7, 11) is 0. The molecule has 2 rings (SSSR count). The fourth-order valence-electron chi connectivity index (χ4n) is 1.06. The Kier molecular flexibility index (Phi) is 2.37. The van der Waals surface area contributed by atoms with E-state index in [0.29, 0.717) is 11.4 Å². The summed E-state index contributed by atoms with van der Waals surface area (Å²) in [6.45, 7) is 0. The number of nitrogens with zero attached hydrogens (tertiary/aromatic N) is 1. The maximum atomic E-state index is 11.2. The fourth-order valence-corrected chi connectivity index (χ4v) is 1.06. The summed E-state index contributed by atoms with van der Waals surface area (Å²) in [5.74, 6) is 0.538. The Labute approximate surface area is 85.5 Å². The minimum absolute atomic E-state index is 0.0160. The van der Waals surface area contributed by atoms with Crippen LogP contribution in [0.2, 0.25) is 0 Å². The van der Waals surface area contributed by atoms with Gasteiger partial charge in [-0.15, -0.1) is 0 Å². The highest BCUT2D eigenvalue weighted by molar-refractivity contribution is 5.42. The highest BCUT2D eigenvalue weighted by atomic mass is 16.5. The van der Waals surface area contributed by atoms with Crippen molar-refractivity contribution in [2.24, 2.45) is 0 Å². The van der Waals surface area contributed by atoms with Crippen LogP contribution < -0.4 is 16.0 Å². The lowest BCUT2D eigenvalue weighted by molar-refractivity contribution is 0.454. The summed E-state index contributed by atoms with van der Waals surface area (Å²) in [4.78, 5) is 17.5. The van der Waals surface area contributed by atoms with Crippen molar-refractivity contribution < 1.29 is 4.74 Å². The maximum Gasteiger partial charge on any atom is 0.311 e. The predicted octanol–water partition coefficient (Wildman–Crippen LogP) is 1.14. The van der Waals surface area contributed by atoms with Gasteiger partial charge in [-0.2, -0.15) is 0 Å². The number of hydrogen-bond acceptors (Lipinski definition) is 4.